The van der Waals surface area contributed by atoms with Crippen molar-refractivity contribution >= 4 is 17.2 Å². The monoisotopic (exact) mass is 303 g/mol. The number of fused-ring (bicyclic) bond motifs is 1. The Morgan fingerprint density at radius 2 is 1.95 bits per heavy atom. The summed E-state index contributed by atoms with van der Waals surface area (Å²) in [7, 11) is 0. The Labute approximate surface area is 127 Å². The second-order valence-electron chi connectivity index (χ2n) is 5.06. The number of hydrogen-bond acceptors (Lipinski definition) is 2. The molecule has 0 aliphatic rings. The minimum absolute atomic E-state index is 0.110. The highest BCUT2D eigenvalue weighted by atomic mass is 35.5. The van der Waals surface area contributed by atoms with Crippen molar-refractivity contribution in [2.24, 2.45) is 5.73 Å². The number of nitrogens with zero attached hydrogens (tertiary/aromatic N) is 2. The molecule has 0 bridgehead atoms. The highest BCUT2D eigenvalue weighted by Crippen LogP contribution is 2.30. The van der Waals surface area contributed by atoms with Crippen LogP contribution in [-0.2, 0) is 0 Å². The first-order valence-corrected chi connectivity index (χ1v) is 7.11. The molecular weight excluding hydrogens is 289 g/mol. The number of aromatic nitrogens is 2. The fraction of sp³-hybridized carbons (Fsp3) is 0.188. The van der Waals surface area contributed by atoms with Crippen LogP contribution < -0.4 is 5.73 Å². The highest BCUT2D eigenvalue weighted by molar-refractivity contribution is 6.30. The van der Waals surface area contributed by atoms with Crippen LogP contribution in [0.3, 0.4) is 0 Å². The molecule has 0 fully saturated rings. The van der Waals surface area contributed by atoms with Gasteiger partial charge < -0.3 is 10.1 Å². The van der Waals surface area contributed by atoms with Crippen LogP contribution in [0.15, 0.2) is 42.6 Å². The van der Waals surface area contributed by atoms with Crippen LogP contribution in [0.5, 0.6) is 0 Å². The summed E-state index contributed by atoms with van der Waals surface area (Å²) in [6.07, 6.45) is 1.83. The Balaban J connectivity index is 2.28. The lowest BCUT2D eigenvalue weighted by atomic mass is 10.0. The fourth-order valence-electron chi connectivity index (χ4n) is 2.44. The van der Waals surface area contributed by atoms with Crippen molar-refractivity contribution in [3.8, 4) is 11.3 Å². The van der Waals surface area contributed by atoms with Crippen molar-refractivity contribution in [1.82, 2.24) is 9.38 Å². The van der Waals surface area contributed by atoms with Gasteiger partial charge in [-0.3, -0.25) is 0 Å². The second-order valence-corrected chi connectivity index (χ2v) is 5.50. The summed E-state index contributed by atoms with van der Waals surface area (Å²) in [4.78, 5) is 4.65. The number of halogens is 2. The van der Waals surface area contributed by atoms with Crippen LogP contribution in [0.25, 0.3) is 16.9 Å². The van der Waals surface area contributed by atoms with E-state index in [1.807, 2.05) is 23.6 Å². The zero-order chi connectivity index (χ0) is 15.0. The lowest BCUT2D eigenvalue weighted by Gasteiger charge is -2.11. The molecule has 0 aliphatic heterocycles. The smallest absolute Gasteiger partial charge is 0.137 e. The van der Waals surface area contributed by atoms with E-state index in [2.05, 4.69) is 4.98 Å². The fourth-order valence-corrected chi connectivity index (χ4v) is 2.60. The molecule has 1 atom stereocenters. The number of nitrogens with two attached hydrogens (primary N) is 1. The summed E-state index contributed by atoms with van der Waals surface area (Å²) in [6.45, 7) is 2.53. The lowest BCUT2D eigenvalue weighted by molar-refractivity contribution is 0.628. The molecule has 1 aromatic carbocycles. The Morgan fingerprint density at radius 3 is 2.62 bits per heavy atom. The van der Waals surface area contributed by atoms with Gasteiger partial charge in [0.1, 0.15) is 11.5 Å². The van der Waals surface area contributed by atoms with E-state index in [0.717, 1.165) is 22.6 Å². The predicted octanol–water partition coefficient (Wildman–Crippen LogP) is 3.86. The summed E-state index contributed by atoms with van der Waals surface area (Å²) < 4.78 is 15.1. The Bertz CT molecular complexity index is 780. The maximum Gasteiger partial charge on any atom is 0.137 e. The standard InChI is InChI=1S/C16H15ClFN3/c1-10(8-19)16-15(11-2-5-13(18)6-3-11)20-14-7-4-12(17)9-21(14)16/h2-7,9-10H,8,19H2,1H3. The van der Waals surface area contributed by atoms with Gasteiger partial charge in [-0.1, -0.05) is 18.5 Å². The zero-order valence-corrected chi connectivity index (χ0v) is 12.3. The molecule has 0 aliphatic carbocycles. The van der Waals surface area contributed by atoms with E-state index in [-0.39, 0.29) is 11.7 Å². The number of rotatable bonds is 3. The molecule has 0 amide bonds. The van der Waals surface area contributed by atoms with Crippen molar-refractivity contribution < 1.29 is 4.39 Å². The summed E-state index contributed by atoms with van der Waals surface area (Å²) in [5.74, 6) is -0.155. The third kappa shape index (κ3) is 2.52. The van der Waals surface area contributed by atoms with Crippen molar-refractivity contribution in [3.05, 3.63) is 59.1 Å². The SMILES string of the molecule is CC(CN)c1c(-c2ccc(F)cc2)nc2ccc(Cl)cn12. The molecule has 3 nitrogen and oxygen atoms in total. The minimum Gasteiger partial charge on any atom is -0.330 e. The predicted molar refractivity (Wildman–Crippen MR) is 83.1 cm³/mol. The van der Waals surface area contributed by atoms with Crippen molar-refractivity contribution in [2.75, 3.05) is 6.54 Å². The first kappa shape index (κ1) is 14.0. The van der Waals surface area contributed by atoms with E-state index in [1.165, 1.54) is 12.1 Å². The van der Waals surface area contributed by atoms with Gasteiger partial charge in [0.2, 0.25) is 0 Å². The number of hydrogen-bond donors (Lipinski definition) is 1. The van der Waals surface area contributed by atoms with Crippen molar-refractivity contribution in [2.45, 2.75) is 12.8 Å². The van der Waals surface area contributed by atoms with Crippen LogP contribution in [0, 0.1) is 5.82 Å². The van der Waals surface area contributed by atoms with Gasteiger partial charge in [-0.25, -0.2) is 9.37 Å². The molecule has 3 rings (SSSR count). The summed E-state index contributed by atoms with van der Waals surface area (Å²) >= 11 is 6.09. The highest BCUT2D eigenvalue weighted by Gasteiger charge is 2.18. The van der Waals surface area contributed by atoms with E-state index >= 15 is 0 Å². The van der Waals surface area contributed by atoms with Crippen LogP contribution in [-0.4, -0.2) is 15.9 Å². The minimum atomic E-state index is -0.265. The second kappa shape index (κ2) is 5.47. The molecule has 2 aromatic heterocycles. The number of benzene rings is 1. The topological polar surface area (TPSA) is 43.3 Å². The van der Waals surface area contributed by atoms with Crippen molar-refractivity contribution in [3.63, 3.8) is 0 Å². The van der Waals surface area contributed by atoms with Crippen molar-refractivity contribution in [1.29, 1.82) is 0 Å². The van der Waals surface area contributed by atoms with Gasteiger partial charge >= 0.3 is 0 Å². The van der Waals surface area contributed by atoms with E-state index in [4.69, 9.17) is 17.3 Å². The number of imidazole rings is 1. The zero-order valence-electron chi connectivity index (χ0n) is 11.6. The Kier molecular flexibility index (Phi) is 3.66. The van der Waals surface area contributed by atoms with Gasteiger partial charge in [0.05, 0.1) is 16.4 Å². The van der Waals surface area contributed by atoms with E-state index in [9.17, 15) is 4.39 Å². The van der Waals surface area contributed by atoms with E-state index < -0.39 is 0 Å². The van der Waals surface area contributed by atoms with Crippen LogP contribution in [0.1, 0.15) is 18.5 Å². The molecule has 108 valence electrons. The Morgan fingerprint density at radius 1 is 1.24 bits per heavy atom. The van der Waals surface area contributed by atoms with Gasteiger partial charge in [-0.2, -0.15) is 0 Å². The molecule has 3 aromatic rings. The average molecular weight is 304 g/mol. The summed E-state index contributed by atoms with van der Waals surface area (Å²) in [5, 5.41) is 0.635. The molecule has 2 N–H and O–H groups in total. The van der Waals surface area contributed by atoms with Gasteiger partial charge in [-0.05, 0) is 36.4 Å². The molecule has 0 saturated heterocycles. The van der Waals surface area contributed by atoms with E-state index in [1.54, 1.807) is 18.2 Å². The summed E-state index contributed by atoms with van der Waals surface area (Å²) in [5.41, 5.74) is 9.30. The lowest BCUT2D eigenvalue weighted by Crippen LogP contribution is -2.12. The van der Waals surface area contributed by atoms with Gasteiger partial charge in [0, 0.05) is 24.2 Å². The van der Waals surface area contributed by atoms with Crippen LogP contribution in [0.2, 0.25) is 5.02 Å². The molecule has 0 spiro atoms. The third-order valence-electron chi connectivity index (χ3n) is 3.56. The average Bonchev–Trinajstić information content (AvgIpc) is 2.85. The van der Waals surface area contributed by atoms with Gasteiger partial charge in [0.15, 0.2) is 0 Å². The quantitative estimate of drug-likeness (QED) is 0.798. The summed E-state index contributed by atoms with van der Waals surface area (Å²) in [6, 6.07) is 9.99. The molecule has 0 saturated carbocycles. The molecule has 0 radical (unpaired) electrons. The van der Waals surface area contributed by atoms with Crippen LogP contribution in [0.4, 0.5) is 4.39 Å². The Hall–Kier alpha value is -1.91. The molecule has 5 heteroatoms. The normalized spacial score (nSPS) is 12.8. The van der Waals surface area contributed by atoms with Gasteiger partial charge in [-0.15, -0.1) is 0 Å². The molecular formula is C16H15ClFN3. The largest absolute Gasteiger partial charge is 0.330 e. The number of pyridine rings is 1. The van der Waals surface area contributed by atoms with Gasteiger partial charge in [0.25, 0.3) is 0 Å². The molecule has 21 heavy (non-hydrogen) atoms. The third-order valence-corrected chi connectivity index (χ3v) is 3.78. The maximum absolute atomic E-state index is 13.1. The first-order chi connectivity index (χ1) is 10.1. The maximum atomic E-state index is 13.1. The molecule has 1 unspecified atom stereocenters. The van der Waals surface area contributed by atoms with Crippen LogP contribution >= 0.6 is 11.6 Å². The van der Waals surface area contributed by atoms with E-state index in [0.29, 0.717) is 11.6 Å². The molecule has 2 heterocycles. The first-order valence-electron chi connectivity index (χ1n) is 6.73.